The highest BCUT2D eigenvalue weighted by Gasteiger charge is 2.44. The number of aliphatic hydroxyl groups is 5. The van der Waals surface area contributed by atoms with Crippen LogP contribution in [-0.2, 0) is 23.8 Å². The fraction of sp³-hybridized carbons (Fsp3) is 0.924. The lowest BCUT2D eigenvalue weighted by Gasteiger charge is -2.40. The summed E-state index contributed by atoms with van der Waals surface area (Å²) >= 11 is 0. The van der Waals surface area contributed by atoms with Gasteiger partial charge < -0.3 is 45.1 Å². The SMILES string of the molecule is CCCCCC/C=C/CC/C=C/C(O)C(COC1OC(CO)C(O)C(O)C1O)NC(=O)CCCCCCCCCCCCCCCCCCCCCCCCCCCCCCCCCCCCCCCCCOC(=O)CCCCCCCCCCCCCCC. The van der Waals surface area contributed by atoms with Crippen LogP contribution in [0.5, 0.6) is 0 Å². The Hall–Kier alpha value is -1.86. The van der Waals surface area contributed by atoms with Gasteiger partial charge in [0, 0.05) is 12.8 Å². The predicted molar refractivity (Wildman–Crippen MR) is 380 cm³/mol. The average molecular weight is 1280 g/mol. The van der Waals surface area contributed by atoms with Crippen LogP contribution in [-0.4, -0.2) is 100 Å². The number of amides is 1. The van der Waals surface area contributed by atoms with E-state index in [-0.39, 0.29) is 18.5 Å². The van der Waals surface area contributed by atoms with Gasteiger partial charge in [-0.25, -0.2) is 0 Å². The number of aliphatic hydroxyl groups excluding tert-OH is 5. The molecule has 0 radical (unpaired) electrons. The maximum atomic E-state index is 13.0. The van der Waals surface area contributed by atoms with Crippen LogP contribution in [0.3, 0.4) is 0 Å². The van der Waals surface area contributed by atoms with E-state index in [1.165, 1.54) is 327 Å². The van der Waals surface area contributed by atoms with E-state index in [0.717, 1.165) is 51.4 Å². The van der Waals surface area contributed by atoms with Crippen LogP contribution >= 0.6 is 0 Å². The first-order chi connectivity index (χ1) is 44.2. The van der Waals surface area contributed by atoms with Crippen LogP contribution in [0.1, 0.15) is 406 Å². The van der Waals surface area contributed by atoms with Crippen LogP contribution in [0, 0.1) is 0 Å². The van der Waals surface area contributed by atoms with E-state index in [4.69, 9.17) is 14.2 Å². The van der Waals surface area contributed by atoms with Gasteiger partial charge in [0.25, 0.3) is 0 Å². The van der Waals surface area contributed by atoms with Crippen molar-refractivity contribution in [2.45, 2.75) is 448 Å². The zero-order valence-corrected chi connectivity index (χ0v) is 59.4. The molecule has 90 heavy (non-hydrogen) atoms. The van der Waals surface area contributed by atoms with Crippen LogP contribution in [0.25, 0.3) is 0 Å². The third kappa shape index (κ3) is 56.5. The Morgan fingerprint density at radius 3 is 1.10 bits per heavy atom. The van der Waals surface area contributed by atoms with Crippen molar-refractivity contribution in [2.24, 2.45) is 0 Å². The number of rotatable bonds is 71. The number of carbonyl (C=O) groups excluding carboxylic acids is 2. The largest absolute Gasteiger partial charge is 0.466 e. The Bertz CT molecular complexity index is 1540. The Balaban J connectivity index is 1.85. The highest BCUT2D eigenvalue weighted by atomic mass is 16.7. The fourth-order valence-corrected chi connectivity index (χ4v) is 12.9. The molecule has 0 bridgehead atoms. The Labute approximate surface area is 556 Å². The molecule has 1 rings (SSSR count). The highest BCUT2D eigenvalue weighted by Crippen LogP contribution is 2.24. The number of hydrogen-bond donors (Lipinski definition) is 6. The normalized spacial score (nSPS) is 17.7. The smallest absolute Gasteiger partial charge is 0.305 e. The molecule has 1 aliphatic heterocycles. The molecule has 0 spiro atoms. The summed E-state index contributed by atoms with van der Waals surface area (Å²) in [5.74, 6) is -0.165. The van der Waals surface area contributed by atoms with Crippen molar-refractivity contribution in [3.8, 4) is 0 Å². The van der Waals surface area contributed by atoms with E-state index in [1.54, 1.807) is 6.08 Å². The molecule has 0 saturated carbocycles. The first kappa shape index (κ1) is 86.2. The maximum absolute atomic E-state index is 13.0. The topological polar surface area (TPSA) is 175 Å². The zero-order chi connectivity index (χ0) is 65.1. The Morgan fingerprint density at radius 1 is 0.400 bits per heavy atom. The van der Waals surface area contributed by atoms with Crippen molar-refractivity contribution in [2.75, 3.05) is 19.8 Å². The monoisotopic (exact) mass is 1270 g/mol. The molecule has 0 aromatic heterocycles. The fourth-order valence-electron chi connectivity index (χ4n) is 12.9. The number of hydrogen-bond acceptors (Lipinski definition) is 10. The predicted octanol–water partition coefficient (Wildman–Crippen LogP) is 21.1. The molecule has 7 atom stereocenters. The molecule has 0 aliphatic carbocycles. The second-order valence-electron chi connectivity index (χ2n) is 27.8. The number of esters is 1. The number of ether oxygens (including phenoxy) is 3. The average Bonchev–Trinajstić information content (AvgIpc) is 3.68. The first-order valence-corrected chi connectivity index (χ1v) is 39.6. The van der Waals surface area contributed by atoms with Gasteiger partial charge in [0.15, 0.2) is 6.29 Å². The van der Waals surface area contributed by atoms with Gasteiger partial charge in [-0.2, -0.15) is 0 Å². The molecule has 11 nitrogen and oxygen atoms in total. The van der Waals surface area contributed by atoms with E-state index in [0.29, 0.717) is 19.4 Å². The van der Waals surface area contributed by atoms with Gasteiger partial charge in [0.05, 0.1) is 32.0 Å². The van der Waals surface area contributed by atoms with Gasteiger partial charge in [0.1, 0.15) is 24.4 Å². The van der Waals surface area contributed by atoms with Crippen molar-refractivity contribution in [3.63, 3.8) is 0 Å². The maximum Gasteiger partial charge on any atom is 0.305 e. The summed E-state index contributed by atoms with van der Waals surface area (Å²) in [5.41, 5.74) is 0. The lowest BCUT2D eigenvalue weighted by Crippen LogP contribution is -2.60. The molecule has 1 fully saturated rings. The second kappa shape index (κ2) is 68.5. The molecule has 1 saturated heterocycles. The van der Waals surface area contributed by atoms with Crippen LogP contribution in [0.2, 0.25) is 0 Å². The first-order valence-electron chi connectivity index (χ1n) is 39.6. The van der Waals surface area contributed by atoms with Crippen LogP contribution < -0.4 is 5.32 Å². The summed E-state index contributed by atoms with van der Waals surface area (Å²) in [4.78, 5) is 25.1. The van der Waals surface area contributed by atoms with Gasteiger partial charge in [-0.3, -0.25) is 9.59 Å². The standard InChI is InChI=1S/C79H151NO10/c1-3-5-7-9-11-13-15-43-47-51-55-59-63-67-75(84)88-68-64-60-56-52-48-45-42-40-38-36-34-32-30-28-26-24-22-20-18-16-17-19-21-23-25-27-29-31-33-35-37-39-41-44-46-50-54-58-62-66-74(83)80-71(70-89-79-78(87)77(86)76(85)73(69-81)90-79)72(82)65-61-57-53-49-14-12-10-8-6-4-2/h14,49,61,65,71-73,76-79,81-82,85-87H,3-13,15-48,50-60,62-64,66-70H2,1-2H3,(H,80,83)/b49-14+,65-61+. The molecular weight excluding hydrogens is 1120 g/mol. The molecule has 0 aromatic rings. The Morgan fingerprint density at radius 2 is 0.722 bits per heavy atom. The van der Waals surface area contributed by atoms with Gasteiger partial charge in [-0.15, -0.1) is 0 Å². The lowest BCUT2D eigenvalue weighted by atomic mass is 9.99. The van der Waals surface area contributed by atoms with Crippen molar-refractivity contribution >= 4 is 11.9 Å². The lowest BCUT2D eigenvalue weighted by molar-refractivity contribution is -0.302. The van der Waals surface area contributed by atoms with Crippen molar-refractivity contribution < 1.29 is 49.3 Å². The minimum absolute atomic E-state index is 0.0205. The molecule has 1 heterocycles. The molecule has 1 aliphatic rings. The second-order valence-corrected chi connectivity index (χ2v) is 27.8. The van der Waals surface area contributed by atoms with E-state index in [2.05, 4.69) is 31.3 Å². The van der Waals surface area contributed by atoms with Gasteiger partial charge >= 0.3 is 5.97 Å². The molecular formula is C79H151NO10. The highest BCUT2D eigenvalue weighted by molar-refractivity contribution is 5.76. The van der Waals surface area contributed by atoms with Crippen molar-refractivity contribution in [1.82, 2.24) is 5.32 Å². The van der Waals surface area contributed by atoms with Gasteiger partial charge in [-0.1, -0.05) is 372 Å². The molecule has 6 N–H and O–H groups in total. The number of carbonyl (C=O) groups is 2. The third-order valence-electron chi connectivity index (χ3n) is 19.1. The van der Waals surface area contributed by atoms with Gasteiger partial charge in [-0.05, 0) is 44.9 Å². The summed E-state index contributed by atoms with van der Waals surface area (Å²) in [5, 5.41) is 54.4. The molecule has 0 aromatic carbocycles. The number of allylic oxidation sites excluding steroid dienone is 3. The van der Waals surface area contributed by atoms with Crippen molar-refractivity contribution in [3.05, 3.63) is 24.3 Å². The molecule has 532 valence electrons. The Kier molecular flexibility index (Phi) is 65.6. The van der Waals surface area contributed by atoms with E-state index in [9.17, 15) is 35.1 Å². The molecule has 1 amide bonds. The van der Waals surface area contributed by atoms with Crippen LogP contribution in [0.15, 0.2) is 24.3 Å². The van der Waals surface area contributed by atoms with E-state index in [1.807, 2.05) is 6.08 Å². The third-order valence-corrected chi connectivity index (χ3v) is 19.1. The summed E-state index contributed by atoms with van der Waals surface area (Å²) < 4.78 is 16.7. The summed E-state index contributed by atoms with van der Waals surface area (Å²) in [6.07, 6.45) is 78.1. The quantitative estimate of drug-likeness (QED) is 0.0195. The summed E-state index contributed by atoms with van der Waals surface area (Å²) in [6.45, 7) is 4.35. The number of unbranched alkanes of at least 4 members (excludes halogenated alkanes) is 55. The van der Waals surface area contributed by atoms with Crippen LogP contribution in [0.4, 0.5) is 0 Å². The summed E-state index contributed by atoms with van der Waals surface area (Å²) in [6, 6.07) is -0.821. The van der Waals surface area contributed by atoms with Gasteiger partial charge in [0.2, 0.25) is 5.91 Å². The zero-order valence-electron chi connectivity index (χ0n) is 59.4. The summed E-state index contributed by atoms with van der Waals surface area (Å²) in [7, 11) is 0. The van der Waals surface area contributed by atoms with E-state index < -0.39 is 49.5 Å². The number of nitrogens with one attached hydrogen (secondary N) is 1. The molecule has 11 heteroatoms. The molecule has 7 unspecified atom stereocenters. The van der Waals surface area contributed by atoms with E-state index >= 15 is 0 Å². The minimum Gasteiger partial charge on any atom is -0.466 e. The van der Waals surface area contributed by atoms with Crippen molar-refractivity contribution in [1.29, 1.82) is 0 Å². The minimum atomic E-state index is -1.57.